The number of amides is 1. The molecule has 1 saturated carbocycles. The number of hydrogen-bond acceptors (Lipinski definition) is 4. The van der Waals surface area contributed by atoms with Crippen LogP contribution in [0.5, 0.6) is 0 Å². The van der Waals surface area contributed by atoms with Gasteiger partial charge in [-0.15, -0.1) is 11.3 Å². The van der Waals surface area contributed by atoms with Gasteiger partial charge in [-0.3, -0.25) is 4.79 Å². The highest BCUT2D eigenvalue weighted by atomic mass is 32.1. The van der Waals surface area contributed by atoms with Gasteiger partial charge in [0.1, 0.15) is 4.88 Å². The van der Waals surface area contributed by atoms with Crippen molar-refractivity contribution in [1.29, 1.82) is 0 Å². The van der Waals surface area contributed by atoms with Gasteiger partial charge in [-0.2, -0.15) is 0 Å². The second-order valence-electron chi connectivity index (χ2n) is 4.57. The van der Waals surface area contributed by atoms with Gasteiger partial charge in [-0.25, -0.2) is 4.98 Å². The standard InChI is InChI=1S/C12H18N2O2S/c1-8-11(17-7-13-8)12(16)14-10-5-3-2-4-9(10)6-15/h7,9-10,15H,2-6H2,1H3,(H,14,16). The van der Waals surface area contributed by atoms with Crippen molar-refractivity contribution < 1.29 is 9.90 Å². The molecule has 2 atom stereocenters. The molecule has 1 aliphatic carbocycles. The van der Waals surface area contributed by atoms with Crippen molar-refractivity contribution in [3.8, 4) is 0 Å². The quantitative estimate of drug-likeness (QED) is 0.863. The van der Waals surface area contributed by atoms with Crippen LogP contribution in [0.25, 0.3) is 0 Å². The van der Waals surface area contributed by atoms with Crippen LogP contribution in [0.15, 0.2) is 5.51 Å². The second-order valence-corrected chi connectivity index (χ2v) is 5.43. The topological polar surface area (TPSA) is 62.2 Å². The van der Waals surface area contributed by atoms with Gasteiger partial charge in [0, 0.05) is 18.6 Å². The van der Waals surface area contributed by atoms with Gasteiger partial charge in [0.2, 0.25) is 0 Å². The molecule has 1 heterocycles. The predicted molar refractivity (Wildman–Crippen MR) is 67.1 cm³/mol. The number of aliphatic hydroxyl groups is 1. The van der Waals surface area contributed by atoms with Crippen molar-refractivity contribution in [2.45, 2.75) is 38.6 Å². The number of aliphatic hydroxyl groups excluding tert-OH is 1. The molecule has 4 nitrogen and oxygen atoms in total. The van der Waals surface area contributed by atoms with E-state index in [1.54, 1.807) is 5.51 Å². The molecule has 2 N–H and O–H groups in total. The molecule has 5 heteroatoms. The normalized spacial score (nSPS) is 24.6. The van der Waals surface area contributed by atoms with Gasteiger partial charge in [-0.1, -0.05) is 12.8 Å². The molecule has 2 unspecified atom stereocenters. The van der Waals surface area contributed by atoms with Crippen molar-refractivity contribution in [2.75, 3.05) is 6.61 Å². The summed E-state index contributed by atoms with van der Waals surface area (Å²) in [6, 6.07) is 0.114. The number of nitrogens with zero attached hydrogens (tertiary/aromatic N) is 1. The van der Waals surface area contributed by atoms with Gasteiger partial charge >= 0.3 is 0 Å². The molecule has 0 spiro atoms. The number of carbonyl (C=O) groups excluding carboxylic acids is 1. The zero-order chi connectivity index (χ0) is 12.3. The zero-order valence-electron chi connectivity index (χ0n) is 9.98. The van der Waals surface area contributed by atoms with Crippen LogP contribution < -0.4 is 5.32 Å². The highest BCUT2D eigenvalue weighted by Crippen LogP contribution is 2.24. The van der Waals surface area contributed by atoms with E-state index in [4.69, 9.17) is 0 Å². The van der Waals surface area contributed by atoms with E-state index in [1.165, 1.54) is 11.3 Å². The first-order valence-corrected chi connectivity index (χ1v) is 6.92. The average Bonchev–Trinajstić information content (AvgIpc) is 2.76. The van der Waals surface area contributed by atoms with Crippen molar-refractivity contribution in [1.82, 2.24) is 10.3 Å². The lowest BCUT2D eigenvalue weighted by atomic mass is 9.85. The minimum Gasteiger partial charge on any atom is -0.396 e. The van der Waals surface area contributed by atoms with Crippen molar-refractivity contribution in [2.24, 2.45) is 5.92 Å². The molecule has 2 rings (SSSR count). The summed E-state index contributed by atoms with van der Waals surface area (Å²) in [6.07, 6.45) is 4.25. The lowest BCUT2D eigenvalue weighted by molar-refractivity contribution is 0.0876. The fourth-order valence-corrected chi connectivity index (χ4v) is 3.08. The smallest absolute Gasteiger partial charge is 0.263 e. The predicted octanol–water partition coefficient (Wildman–Crippen LogP) is 1.73. The summed E-state index contributed by atoms with van der Waals surface area (Å²) in [5.74, 6) is 0.163. The Kier molecular flexibility index (Phi) is 4.12. The van der Waals surface area contributed by atoms with E-state index in [1.807, 2.05) is 6.92 Å². The molecule has 94 valence electrons. The Morgan fingerprint density at radius 3 is 3.00 bits per heavy atom. The number of rotatable bonds is 3. The summed E-state index contributed by atoms with van der Waals surface area (Å²) >= 11 is 1.37. The molecule has 17 heavy (non-hydrogen) atoms. The molecule has 1 aromatic heterocycles. The van der Waals surface area contributed by atoms with Crippen LogP contribution in [0.4, 0.5) is 0 Å². The van der Waals surface area contributed by atoms with E-state index in [-0.39, 0.29) is 24.5 Å². The maximum absolute atomic E-state index is 12.0. The first-order chi connectivity index (χ1) is 8.22. The molecule has 0 aliphatic heterocycles. The molecule has 1 aliphatic rings. The number of aryl methyl sites for hydroxylation is 1. The van der Waals surface area contributed by atoms with E-state index < -0.39 is 0 Å². The third kappa shape index (κ3) is 2.84. The number of carbonyl (C=O) groups is 1. The monoisotopic (exact) mass is 254 g/mol. The molecule has 1 fully saturated rings. The summed E-state index contributed by atoms with van der Waals surface area (Å²) in [7, 11) is 0. The van der Waals surface area contributed by atoms with Crippen LogP contribution in [0.3, 0.4) is 0 Å². The largest absolute Gasteiger partial charge is 0.396 e. The highest BCUT2D eigenvalue weighted by molar-refractivity contribution is 7.11. The molecule has 0 radical (unpaired) electrons. The van der Waals surface area contributed by atoms with Gasteiger partial charge < -0.3 is 10.4 Å². The van der Waals surface area contributed by atoms with Crippen molar-refractivity contribution >= 4 is 17.2 Å². The summed E-state index contributed by atoms with van der Waals surface area (Å²) in [5, 5.41) is 12.3. The molecule has 0 aromatic carbocycles. The maximum atomic E-state index is 12.0. The Morgan fingerprint density at radius 2 is 2.35 bits per heavy atom. The van der Waals surface area contributed by atoms with Gasteiger partial charge in [-0.05, 0) is 19.8 Å². The lowest BCUT2D eigenvalue weighted by Crippen LogP contribution is -2.43. The van der Waals surface area contributed by atoms with Crippen LogP contribution in [0.2, 0.25) is 0 Å². The van der Waals surface area contributed by atoms with E-state index >= 15 is 0 Å². The Morgan fingerprint density at radius 1 is 1.59 bits per heavy atom. The number of aromatic nitrogens is 1. The Hall–Kier alpha value is -0.940. The van der Waals surface area contributed by atoms with E-state index in [0.29, 0.717) is 4.88 Å². The summed E-state index contributed by atoms with van der Waals surface area (Å²) in [5.41, 5.74) is 2.47. The number of thiazole rings is 1. The zero-order valence-corrected chi connectivity index (χ0v) is 10.8. The Bertz CT molecular complexity index is 392. The minimum absolute atomic E-state index is 0.0460. The van der Waals surface area contributed by atoms with Crippen LogP contribution in [0, 0.1) is 12.8 Å². The maximum Gasteiger partial charge on any atom is 0.263 e. The Balaban J connectivity index is 2.00. The second kappa shape index (κ2) is 5.60. The third-order valence-corrected chi connectivity index (χ3v) is 4.34. The number of nitrogens with one attached hydrogen (secondary N) is 1. The highest BCUT2D eigenvalue weighted by Gasteiger charge is 2.26. The van der Waals surface area contributed by atoms with Gasteiger partial charge in [0.05, 0.1) is 11.2 Å². The number of hydrogen-bond donors (Lipinski definition) is 2. The van der Waals surface area contributed by atoms with Crippen molar-refractivity contribution in [3.63, 3.8) is 0 Å². The van der Waals surface area contributed by atoms with E-state index in [2.05, 4.69) is 10.3 Å². The van der Waals surface area contributed by atoms with Crippen LogP contribution in [-0.4, -0.2) is 28.6 Å². The fraction of sp³-hybridized carbons (Fsp3) is 0.667. The summed E-state index contributed by atoms with van der Waals surface area (Å²) < 4.78 is 0. The molecule has 0 saturated heterocycles. The molecule has 1 amide bonds. The SMILES string of the molecule is Cc1ncsc1C(=O)NC1CCCCC1CO. The lowest BCUT2D eigenvalue weighted by Gasteiger charge is -2.30. The third-order valence-electron chi connectivity index (χ3n) is 3.41. The fourth-order valence-electron chi connectivity index (χ4n) is 2.37. The molecular weight excluding hydrogens is 236 g/mol. The first-order valence-electron chi connectivity index (χ1n) is 6.04. The molecule has 1 aromatic rings. The van der Waals surface area contributed by atoms with Crippen molar-refractivity contribution in [3.05, 3.63) is 16.1 Å². The molecule has 0 bridgehead atoms. The van der Waals surface area contributed by atoms with Crippen LogP contribution in [0.1, 0.15) is 41.0 Å². The minimum atomic E-state index is -0.0460. The summed E-state index contributed by atoms with van der Waals surface area (Å²) in [4.78, 5) is 16.8. The van der Waals surface area contributed by atoms with Gasteiger partial charge in [0.15, 0.2) is 0 Å². The molecular formula is C12H18N2O2S. The average molecular weight is 254 g/mol. The van der Waals surface area contributed by atoms with E-state index in [0.717, 1.165) is 31.4 Å². The summed E-state index contributed by atoms with van der Waals surface area (Å²) in [6.45, 7) is 2.00. The van der Waals surface area contributed by atoms with Crippen LogP contribution in [-0.2, 0) is 0 Å². The van der Waals surface area contributed by atoms with E-state index in [9.17, 15) is 9.90 Å². The van der Waals surface area contributed by atoms with Gasteiger partial charge in [0.25, 0.3) is 5.91 Å². The van der Waals surface area contributed by atoms with Crippen LogP contribution >= 0.6 is 11.3 Å². The first kappa shape index (κ1) is 12.5. The Labute approximate surface area is 105 Å².